The molecule has 20 heavy (non-hydrogen) atoms. The maximum absolute atomic E-state index is 11.8. The summed E-state index contributed by atoms with van der Waals surface area (Å²) < 4.78 is 0.805. The minimum Gasteiger partial charge on any atom is -0.325 e. The highest BCUT2D eigenvalue weighted by molar-refractivity contribution is 9.10. The highest BCUT2D eigenvalue weighted by Crippen LogP contribution is 2.23. The maximum atomic E-state index is 11.8. The van der Waals surface area contributed by atoms with Gasteiger partial charge in [-0.15, -0.1) is 0 Å². The summed E-state index contributed by atoms with van der Waals surface area (Å²) in [4.78, 5) is 35.8. The number of hydrogen-bond donors (Lipinski definition) is 1. The minimum atomic E-state index is -0.220. The minimum absolute atomic E-state index is 0.109. The molecule has 1 aromatic carbocycles. The zero-order valence-electron chi connectivity index (χ0n) is 11.1. The van der Waals surface area contributed by atoms with Gasteiger partial charge in [0.1, 0.15) is 0 Å². The Morgan fingerprint density at radius 2 is 1.95 bits per heavy atom. The van der Waals surface area contributed by atoms with E-state index in [-0.39, 0.29) is 43.5 Å². The van der Waals surface area contributed by atoms with E-state index in [1.165, 1.54) is 0 Å². The molecule has 0 bridgehead atoms. The lowest BCUT2D eigenvalue weighted by atomic mass is 10.2. The standard InChI is InChI=1S/C14H15BrN2O3/c1-9-2-3-11(10(15)8-9)16-12(18)6-7-17-13(19)4-5-14(17)20/h2-3,8H,4-7H2,1H3,(H,16,18). The molecule has 1 saturated heterocycles. The van der Waals surface area contributed by atoms with Gasteiger partial charge in [0.2, 0.25) is 17.7 Å². The van der Waals surface area contributed by atoms with Crippen molar-refractivity contribution in [3.63, 3.8) is 0 Å². The zero-order valence-corrected chi connectivity index (χ0v) is 12.7. The van der Waals surface area contributed by atoms with Crippen LogP contribution in [0.2, 0.25) is 0 Å². The third-order valence-corrected chi connectivity index (χ3v) is 3.77. The molecular formula is C14H15BrN2O3. The summed E-state index contributed by atoms with van der Waals surface area (Å²) in [7, 11) is 0. The van der Waals surface area contributed by atoms with Gasteiger partial charge in [0, 0.05) is 30.3 Å². The van der Waals surface area contributed by atoms with Crippen LogP contribution in [0, 0.1) is 6.92 Å². The number of hydrogen-bond acceptors (Lipinski definition) is 3. The van der Waals surface area contributed by atoms with Crippen LogP contribution in [0.15, 0.2) is 22.7 Å². The van der Waals surface area contributed by atoms with Crippen LogP contribution in [0.4, 0.5) is 5.69 Å². The average molecular weight is 339 g/mol. The summed E-state index contributed by atoms with van der Waals surface area (Å²) in [5, 5.41) is 2.76. The Balaban J connectivity index is 1.89. The van der Waals surface area contributed by atoms with Gasteiger partial charge in [0.15, 0.2) is 0 Å². The van der Waals surface area contributed by atoms with Gasteiger partial charge in [-0.25, -0.2) is 0 Å². The molecule has 106 valence electrons. The van der Waals surface area contributed by atoms with Crippen LogP contribution in [0.3, 0.4) is 0 Å². The number of nitrogens with one attached hydrogen (secondary N) is 1. The fraction of sp³-hybridized carbons (Fsp3) is 0.357. The number of halogens is 1. The van der Waals surface area contributed by atoms with Crippen molar-refractivity contribution in [1.82, 2.24) is 4.90 Å². The van der Waals surface area contributed by atoms with Crippen molar-refractivity contribution in [2.75, 3.05) is 11.9 Å². The molecule has 2 rings (SSSR count). The van der Waals surface area contributed by atoms with E-state index in [0.29, 0.717) is 5.69 Å². The van der Waals surface area contributed by atoms with Crippen LogP contribution in [0.5, 0.6) is 0 Å². The Morgan fingerprint density at radius 3 is 2.55 bits per heavy atom. The fourth-order valence-corrected chi connectivity index (χ4v) is 2.61. The zero-order chi connectivity index (χ0) is 14.7. The molecule has 0 spiro atoms. The van der Waals surface area contributed by atoms with Gasteiger partial charge < -0.3 is 5.32 Å². The van der Waals surface area contributed by atoms with E-state index in [9.17, 15) is 14.4 Å². The molecule has 0 unspecified atom stereocenters. The lowest BCUT2D eigenvalue weighted by molar-refractivity contribution is -0.138. The summed E-state index contributed by atoms with van der Waals surface area (Å²) >= 11 is 3.38. The molecule has 0 radical (unpaired) electrons. The molecule has 0 aliphatic carbocycles. The van der Waals surface area contributed by atoms with Gasteiger partial charge in [0.05, 0.1) is 5.69 Å². The van der Waals surface area contributed by atoms with Crippen molar-refractivity contribution >= 4 is 39.3 Å². The number of rotatable bonds is 4. The maximum Gasteiger partial charge on any atom is 0.229 e. The van der Waals surface area contributed by atoms with Crippen LogP contribution in [-0.2, 0) is 14.4 Å². The van der Waals surface area contributed by atoms with E-state index in [1.54, 1.807) is 0 Å². The van der Waals surface area contributed by atoms with E-state index in [4.69, 9.17) is 0 Å². The van der Waals surface area contributed by atoms with Crippen molar-refractivity contribution in [3.8, 4) is 0 Å². The van der Waals surface area contributed by atoms with E-state index in [2.05, 4.69) is 21.2 Å². The van der Waals surface area contributed by atoms with Crippen molar-refractivity contribution in [2.45, 2.75) is 26.2 Å². The molecule has 1 aliphatic heterocycles. The summed E-state index contributed by atoms with van der Waals surface area (Å²) in [6.07, 6.45) is 0.617. The highest BCUT2D eigenvalue weighted by Gasteiger charge is 2.28. The van der Waals surface area contributed by atoms with Gasteiger partial charge in [-0.2, -0.15) is 0 Å². The lowest BCUT2D eigenvalue weighted by Crippen LogP contribution is -2.32. The molecule has 3 amide bonds. The predicted octanol–water partition coefficient (Wildman–Crippen LogP) is 2.24. The van der Waals surface area contributed by atoms with Crippen LogP contribution in [-0.4, -0.2) is 29.2 Å². The molecule has 0 atom stereocenters. The van der Waals surface area contributed by atoms with Crippen LogP contribution in [0.1, 0.15) is 24.8 Å². The van der Waals surface area contributed by atoms with Gasteiger partial charge in [-0.1, -0.05) is 6.07 Å². The molecule has 6 heteroatoms. The number of anilines is 1. The number of benzene rings is 1. The van der Waals surface area contributed by atoms with Crippen molar-refractivity contribution < 1.29 is 14.4 Å². The summed E-state index contributed by atoms with van der Waals surface area (Å²) in [6.45, 7) is 2.11. The number of imide groups is 1. The number of likely N-dealkylation sites (tertiary alicyclic amines) is 1. The number of carbonyl (C=O) groups excluding carboxylic acids is 3. The van der Waals surface area contributed by atoms with Crippen molar-refractivity contribution in [2.24, 2.45) is 0 Å². The second-order valence-electron chi connectivity index (χ2n) is 4.72. The Hall–Kier alpha value is -1.69. The molecule has 1 N–H and O–H groups in total. The molecule has 0 saturated carbocycles. The second kappa shape index (κ2) is 6.17. The second-order valence-corrected chi connectivity index (χ2v) is 5.57. The Labute approximate surface area is 125 Å². The molecular weight excluding hydrogens is 324 g/mol. The van der Waals surface area contributed by atoms with E-state index in [1.807, 2.05) is 25.1 Å². The summed E-state index contributed by atoms with van der Waals surface area (Å²) in [6, 6.07) is 5.61. The quantitative estimate of drug-likeness (QED) is 0.856. The van der Waals surface area contributed by atoms with Crippen LogP contribution in [0.25, 0.3) is 0 Å². The number of carbonyl (C=O) groups is 3. The van der Waals surface area contributed by atoms with E-state index in [0.717, 1.165) is 14.9 Å². The number of nitrogens with zero attached hydrogens (tertiary/aromatic N) is 1. The Morgan fingerprint density at radius 1 is 1.30 bits per heavy atom. The van der Waals surface area contributed by atoms with Crippen molar-refractivity contribution in [1.29, 1.82) is 0 Å². The first-order chi connectivity index (χ1) is 9.47. The smallest absolute Gasteiger partial charge is 0.229 e. The van der Waals surface area contributed by atoms with Gasteiger partial charge in [0.25, 0.3) is 0 Å². The normalized spacial score (nSPS) is 14.8. The number of amides is 3. The third kappa shape index (κ3) is 3.45. The van der Waals surface area contributed by atoms with Crippen LogP contribution >= 0.6 is 15.9 Å². The first kappa shape index (κ1) is 14.7. The molecule has 1 aliphatic rings. The molecule has 1 fully saturated rings. The SMILES string of the molecule is Cc1ccc(NC(=O)CCN2C(=O)CCC2=O)c(Br)c1. The molecule has 1 aromatic rings. The molecule has 1 heterocycles. The Kier molecular flexibility index (Phi) is 4.54. The summed E-state index contributed by atoms with van der Waals surface area (Å²) in [5.74, 6) is -0.610. The monoisotopic (exact) mass is 338 g/mol. The number of aryl methyl sites for hydroxylation is 1. The first-order valence-electron chi connectivity index (χ1n) is 6.36. The first-order valence-corrected chi connectivity index (χ1v) is 7.16. The average Bonchev–Trinajstić information content (AvgIpc) is 2.70. The van der Waals surface area contributed by atoms with Crippen molar-refractivity contribution in [3.05, 3.63) is 28.2 Å². The van der Waals surface area contributed by atoms with Gasteiger partial charge in [-0.05, 0) is 40.5 Å². The lowest BCUT2D eigenvalue weighted by Gasteiger charge is -2.13. The highest BCUT2D eigenvalue weighted by atomic mass is 79.9. The Bertz CT molecular complexity index is 556. The van der Waals surface area contributed by atoms with Crippen LogP contribution < -0.4 is 5.32 Å². The van der Waals surface area contributed by atoms with Gasteiger partial charge >= 0.3 is 0 Å². The van der Waals surface area contributed by atoms with Gasteiger partial charge in [-0.3, -0.25) is 19.3 Å². The topological polar surface area (TPSA) is 66.5 Å². The third-order valence-electron chi connectivity index (χ3n) is 3.12. The molecule has 0 aromatic heterocycles. The summed E-state index contributed by atoms with van der Waals surface area (Å²) in [5.41, 5.74) is 1.77. The molecule has 5 nitrogen and oxygen atoms in total. The van der Waals surface area contributed by atoms with E-state index >= 15 is 0 Å². The predicted molar refractivity (Wildman–Crippen MR) is 78.1 cm³/mol. The fourth-order valence-electron chi connectivity index (χ4n) is 2.02. The van der Waals surface area contributed by atoms with E-state index < -0.39 is 0 Å². The largest absolute Gasteiger partial charge is 0.325 e.